The Balaban J connectivity index is 3.26. The van der Waals surface area contributed by atoms with Crippen molar-refractivity contribution in [2.75, 3.05) is 6.61 Å². The largest absolute Gasteiger partial charge is 0.466 e. The van der Waals surface area contributed by atoms with Crippen LogP contribution in [0, 0.1) is 11.3 Å². The van der Waals surface area contributed by atoms with E-state index in [9.17, 15) is 4.79 Å². The van der Waals surface area contributed by atoms with Crippen molar-refractivity contribution in [1.82, 2.24) is 0 Å². The Morgan fingerprint density at radius 3 is 2.09 bits per heavy atom. The van der Waals surface area contributed by atoms with E-state index in [0.717, 1.165) is 25.2 Å². The predicted octanol–water partition coefficient (Wildman–Crippen LogP) is 6.52. The van der Waals surface area contributed by atoms with E-state index in [4.69, 9.17) is 4.74 Å². The van der Waals surface area contributed by atoms with E-state index in [1.165, 1.54) is 44.9 Å². The molecule has 2 nitrogen and oxygen atoms in total. The van der Waals surface area contributed by atoms with Gasteiger partial charge in [0.05, 0.1) is 6.61 Å². The van der Waals surface area contributed by atoms with Crippen molar-refractivity contribution in [3.8, 4) is 0 Å². The minimum atomic E-state index is -0.00411. The molecule has 0 aliphatic carbocycles. The highest BCUT2D eigenvalue weighted by atomic mass is 16.5. The zero-order valence-electron chi connectivity index (χ0n) is 15.9. The smallest absolute Gasteiger partial charge is 0.305 e. The van der Waals surface area contributed by atoms with Crippen LogP contribution in [0.4, 0.5) is 0 Å². The molecule has 0 amide bonds. The summed E-state index contributed by atoms with van der Waals surface area (Å²) in [6.07, 6.45) is 12.7. The van der Waals surface area contributed by atoms with Crippen LogP contribution in [0.1, 0.15) is 105 Å². The Morgan fingerprint density at radius 1 is 0.864 bits per heavy atom. The first kappa shape index (κ1) is 21.5. The van der Waals surface area contributed by atoms with Gasteiger partial charge >= 0.3 is 5.97 Å². The van der Waals surface area contributed by atoms with Crippen LogP contribution in [0.5, 0.6) is 0 Å². The van der Waals surface area contributed by atoms with Crippen LogP contribution in [0.3, 0.4) is 0 Å². The summed E-state index contributed by atoms with van der Waals surface area (Å²) < 4.78 is 5.30. The zero-order valence-corrected chi connectivity index (χ0v) is 15.9. The maximum Gasteiger partial charge on any atom is 0.305 e. The standard InChI is InChI=1S/C20H40O2/c1-18(2)14-10-7-6-8-13-17-22-19(21)15-11-9-12-16-20(3,4)5/h18H,6-17H2,1-5H3. The molecule has 132 valence electrons. The Bertz CT molecular complexity index is 263. The summed E-state index contributed by atoms with van der Waals surface area (Å²) in [4.78, 5) is 11.6. The van der Waals surface area contributed by atoms with Crippen LogP contribution in [-0.2, 0) is 9.53 Å². The molecule has 0 saturated carbocycles. The highest BCUT2D eigenvalue weighted by molar-refractivity contribution is 5.69. The van der Waals surface area contributed by atoms with Gasteiger partial charge in [0.2, 0.25) is 0 Å². The number of hydrogen-bond donors (Lipinski definition) is 0. The second-order valence-corrected chi connectivity index (χ2v) is 8.29. The van der Waals surface area contributed by atoms with Crippen molar-refractivity contribution in [1.29, 1.82) is 0 Å². The summed E-state index contributed by atoms with van der Waals surface area (Å²) in [7, 11) is 0. The SMILES string of the molecule is CC(C)CCCCCCCOC(=O)CCCCCC(C)(C)C. The van der Waals surface area contributed by atoms with Gasteiger partial charge in [-0.05, 0) is 30.6 Å². The fourth-order valence-electron chi connectivity index (χ4n) is 2.54. The molecule has 0 aromatic rings. The molecular formula is C20H40O2. The topological polar surface area (TPSA) is 26.3 Å². The van der Waals surface area contributed by atoms with Crippen molar-refractivity contribution >= 4 is 5.97 Å². The van der Waals surface area contributed by atoms with Crippen LogP contribution >= 0.6 is 0 Å². The van der Waals surface area contributed by atoms with E-state index in [2.05, 4.69) is 34.6 Å². The fraction of sp³-hybridized carbons (Fsp3) is 0.950. The first-order valence-electron chi connectivity index (χ1n) is 9.47. The minimum Gasteiger partial charge on any atom is -0.466 e. The van der Waals surface area contributed by atoms with Gasteiger partial charge in [-0.2, -0.15) is 0 Å². The summed E-state index contributed by atoms with van der Waals surface area (Å²) in [5.74, 6) is 0.819. The van der Waals surface area contributed by atoms with Gasteiger partial charge in [-0.1, -0.05) is 79.6 Å². The van der Waals surface area contributed by atoms with E-state index < -0.39 is 0 Å². The van der Waals surface area contributed by atoms with Gasteiger partial charge in [-0.25, -0.2) is 0 Å². The summed E-state index contributed by atoms with van der Waals surface area (Å²) in [6.45, 7) is 12.0. The molecule has 0 radical (unpaired) electrons. The van der Waals surface area contributed by atoms with Gasteiger partial charge in [0.15, 0.2) is 0 Å². The van der Waals surface area contributed by atoms with Gasteiger partial charge in [-0.15, -0.1) is 0 Å². The number of carbonyl (C=O) groups is 1. The fourth-order valence-corrected chi connectivity index (χ4v) is 2.54. The summed E-state index contributed by atoms with van der Waals surface area (Å²) in [5, 5.41) is 0. The van der Waals surface area contributed by atoms with Crippen LogP contribution < -0.4 is 0 Å². The van der Waals surface area contributed by atoms with E-state index in [-0.39, 0.29) is 5.97 Å². The molecule has 0 aromatic carbocycles. The molecule has 0 spiro atoms. The maximum absolute atomic E-state index is 11.6. The number of carbonyl (C=O) groups excluding carboxylic acids is 1. The lowest BCUT2D eigenvalue weighted by atomic mass is 9.89. The first-order chi connectivity index (χ1) is 10.3. The third-order valence-electron chi connectivity index (χ3n) is 4.00. The number of ether oxygens (including phenoxy) is 1. The van der Waals surface area contributed by atoms with E-state index in [1.807, 2.05) is 0 Å². The molecule has 0 atom stereocenters. The Kier molecular flexibility index (Phi) is 12.6. The first-order valence-corrected chi connectivity index (χ1v) is 9.47. The van der Waals surface area contributed by atoms with Crippen molar-refractivity contribution in [2.45, 2.75) is 105 Å². The average Bonchev–Trinajstić information content (AvgIpc) is 2.39. The van der Waals surface area contributed by atoms with Crippen LogP contribution in [0.15, 0.2) is 0 Å². The van der Waals surface area contributed by atoms with Crippen molar-refractivity contribution in [2.24, 2.45) is 11.3 Å². The zero-order chi connectivity index (χ0) is 16.8. The molecule has 0 aliphatic heterocycles. The Labute approximate surface area is 139 Å². The van der Waals surface area contributed by atoms with Crippen LogP contribution in [0.2, 0.25) is 0 Å². The second kappa shape index (κ2) is 13.0. The van der Waals surface area contributed by atoms with E-state index in [0.29, 0.717) is 18.4 Å². The van der Waals surface area contributed by atoms with E-state index in [1.54, 1.807) is 0 Å². The lowest BCUT2D eigenvalue weighted by molar-refractivity contribution is -0.143. The summed E-state index contributed by atoms with van der Waals surface area (Å²) >= 11 is 0. The van der Waals surface area contributed by atoms with Gasteiger partial charge in [0, 0.05) is 6.42 Å². The lowest BCUT2D eigenvalue weighted by Gasteiger charge is -2.17. The molecular weight excluding hydrogens is 272 g/mol. The van der Waals surface area contributed by atoms with Crippen LogP contribution in [-0.4, -0.2) is 12.6 Å². The quantitative estimate of drug-likeness (QED) is 0.286. The number of rotatable bonds is 13. The molecule has 0 bridgehead atoms. The highest BCUT2D eigenvalue weighted by Gasteiger charge is 2.09. The number of hydrogen-bond acceptors (Lipinski definition) is 2. The average molecular weight is 313 g/mol. The normalized spacial score (nSPS) is 11.9. The summed E-state index contributed by atoms with van der Waals surface area (Å²) in [6, 6.07) is 0. The third kappa shape index (κ3) is 17.5. The lowest BCUT2D eigenvalue weighted by Crippen LogP contribution is -2.06. The molecule has 0 aromatic heterocycles. The van der Waals surface area contributed by atoms with Gasteiger partial charge in [-0.3, -0.25) is 4.79 Å². The van der Waals surface area contributed by atoms with Gasteiger partial charge in [0.25, 0.3) is 0 Å². The Morgan fingerprint density at radius 2 is 1.45 bits per heavy atom. The van der Waals surface area contributed by atoms with Crippen molar-refractivity contribution in [3.63, 3.8) is 0 Å². The summed E-state index contributed by atoms with van der Waals surface area (Å²) in [5.41, 5.74) is 0.412. The number of esters is 1. The molecule has 0 heterocycles. The third-order valence-corrected chi connectivity index (χ3v) is 4.00. The molecule has 0 fully saturated rings. The Hall–Kier alpha value is -0.530. The van der Waals surface area contributed by atoms with Crippen LogP contribution in [0.25, 0.3) is 0 Å². The molecule has 22 heavy (non-hydrogen) atoms. The molecule has 0 N–H and O–H groups in total. The molecule has 0 saturated heterocycles. The maximum atomic E-state index is 11.6. The molecule has 2 heteroatoms. The van der Waals surface area contributed by atoms with E-state index >= 15 is 0 Å². The molecule has 0 unspecified atom stereocenters. The molecule has 0 aliphatic rings. The number of unbranched alkanes of at least 4 members (excludes halogenated alkanes) is 6. The monoisotopic (exact) mass is 312 g/mol. The van der Waals surface area contributed by atoms with Crippen molar-refractivity contribution < 1.29 is 9.53 Å². The molecule has 0 rings (SSSR count). The predicted molar refractivity (Wildman–Crippen MR) is 96.0 cm³/mol. The highest BCUT2D eigenvalue weighted by Crippen LogP contribution is 2.22. The minimum absolute atomic E-state index is 0.00411. The second-order valence-electron chi connectivity index (χ2n) is 8.29. The van der Waals surface area contributed by atoms with Crippen molar-refractivity contribution in [3.05, 3.63) is 0 Å². The van der Waals surface area contributed by atoms with Gasteiger partial charge in [0.1, 0.15) is 0 Å². The van der Waals surface area contributed by atoms with Gasteiger partial charge < -0.3 is 4.74 Å².